The highest BCUT2D eigenvalue weighted by molar-refractivity contribution is 8.03. The van der Waals surface area contributed by atoms with Gasteiger partial charge in [-0.3, -0.25) is 4.21 Å². The molecule has 0 N–H and O–H groups in total. The Bertz CT molecular complexity index is 337. The van der Waals surface area contributed by atoms with Crippen molar-refractivity contribution in [2.45, 2.75) is 51.2 Å². The summed E-state index contributed by atoms with van der Waals surface area (Å²) in [5, 5.41) is 0. The third-order valence-corrected chi connectivity index (χ3v) is 6.97. The van der Waals surface area contributed by atoms with E-state index >= 15 is 0 Å². The quantitative estimate of drug-likeness (QED) is 0.321. The number of ether oxygens (including phenoxy) is 1. The molecule has 0 aromatic carbocycles. The maximum atomic E-state index is 12.4. The normalized spacial score (nSPS) is 13.2. The summed E-state index contributed by atoms with van der Waals surface area (Å²) in [6.07, 6.45) is 7.13. The van der Waals surface area contributed by atoms with E-state index in [2.05, 4.69) is 20.4 Å². The predicted octanol–water partition coefficient (Wildman–Crippen LogP) is 2.72. The van der Waals surface area contributed by atoms with Gasteiger partial charge in [0.25, 0.3) is 0 Å². The van der Waals surface area contributed by atoms with E-state index in [9.17, 15) is 9.00 Å². The maximum Gasteiger partial charge on any atom is 0.333 e. The summed E-state index contributed by atoms with van der Waals surface area (Å²) in [6, 6.07) is 0. The van der Waals surface area contributed by atoms with Crippen molar-refractivity contribution in [3.05, 3.63) is 12.2 Å². The Hall–Kier alpha value is -0.640. The van der Waals surface area contributed by atoms with Gasteiger partial charge in [-0.05, 0) is 45.1 Å². The summed E-state index contributed by atoms with van der Waals surface area (Å²) in [4.78, 5) is 11.2. The number of thiol groups is 1. The minimum absolute atomic E-state index is 0.109. The van der Waals surface area contributed by atoms with Gasteiger partial charge in [-0.2, -0.15) is 0 Å². The smallest absolute Gasteiger partial charge is 0.333 e. The fraction of sp³-hybridized carbons (Fsp3) is 0.786. The molecule has 0 aliphatic carbocycles. The summed E-state index contributed by atoms with van der Waals surface area (Å²) in [6.45, 7) is 9.73. The summed E-state index contributed by atoms with van der Waals surface area (Å²) in [5.41, 5.74) is 0.420. The molecule has 0 amide bonds. The average Bonchev–Trinajstić information content (AvgIpc) is 2.27. The lowest BCUT2D eigenvalue weighted by Crippen LogP contribution is -2.41. The van der Waals surface area contributed by atoms with Crippen LogP contribution in [0.15, 0.2) is 12.2 Å². The molecule has 18 heavy (non-hydrogen) atoms. The van der Waals surface area contributed by atoms with Gasteiger partial charge in [-0.15, -0.1) is 9.93 Å². The van der Waals surface area contributed by atoms with Crippen LogP contribution in [-0.2, 0) is 19.5 Å². The minimum Gasteiger partial charge on any atom is -0.462 e. The molecular formula is C14H28O3S. The van der Waals surface area contributed by atoms with Crippen molar-refractivity contribution in [1.82, 2.24) is 0 Å². The highest BCUT2D eigenvalue weighted by atomic mass is 32.2. The molecule has 0 spiro atoms. The van der Waals surface area contributed by atoms with Crippen molar-refractivity contribution in [2.24, 2.45) is 0 Å². The van der Waals surface area contributed by atoms with Gasteiger partial charge in [0, 0.05) is 10.3 Å². The molecular weight excluding hydrogens is 248 g/mol. The van der Waals surface area contributed by atoms with Crippen LogP contribution in [0, 0.1) is 0 Å². The Labute approximate surface area is 112 Å². The molecule has 0 aliphatic heterocycles. The molecule has 0 atom stereocenters. The maximum absolute atomic E-state index is 12.4. The molecule has 0 aromatic rings. The second kappa shape index (κ2) is 7.07. The lowest BCUT2D eigenvalue weighted by molar-refractivity contribution is -0.139. The van der Waals surface area contributed by atoms with Crippen molar-refractivity contribution in [3.8, 4) is 0 Å². The number of hydrogen-bond donors (Lipinski definition) is 1. The molecule has 0 unspecified atom stereocenters. The van der Waals surface area contributed by atoms with E-state index in [4.69, 9.17) is 4.74 Å². The zero-order valence-corrected chi connectivity index (χ0v) is 13.3. The fourth-order valence-electron chi connectivity index (χ4n) is 2.32. The summed E-state index contributed by atoms with van der Waals surface area (Å²) in [7, 11) is -2.15. The lowest BCUT2D eigenvalue weighted by atomic mass is 9.96. The molecule has 0 aliphatic rings. The average molecular weight is 276 g/mol. The minimum atomic E-state index is -2.15. The first-order valence-electron chi connectivity index (χ1n) is 6.58. The van der Waals surface area contributed by atoms with Gasteiger partial charge in [-0.1, -0.05) is 20.4 Å². The molecule has 0 aromatic heterocycles. The Morgan fingerprint density at radius 3 is 2.11 bits per heavy atom. The van der Waals surface area contributed by atoms with E-state index in [0.29, 0.717) is 12.2 Å². The van der Waals surface area contributed by atoms with E-state index in [1.54, 1.807) is 6.92 Å². The van der Waals surface area contributed by atoms with E-state index in [-0.39, 0.29) is 10.7 Å². The van der Waals surface area contributed by atoms with Crippen molar-refractivity contribution in [3.63, 3.8) is 0 Å². The number of hydrogen-bond acceptors (Lipinski definition) is 3. The molecule has 0 radical (unpaired) electrons. The van der Waals surface area contributed by atoms with Crippen LogP contribution in [0.1, 0.15) is 46.5 Å². The first-order chi connectivity index (χ1) is 8.20. The van der Waals surface area contributed by atoms with E-state index in [1.165, 1.54) is 0 Å². The molecule has 108 valence electrons. The highest BCUT2D eigenvalue weighted by Gasteiger charge is 2.33. The van der Waals surface area contributed by atoms with Crippen molar-refractivity contribution >= 4 is 15.9 Å². The molecule has 0 saturated carbocycles. The topological polar surface area (TPSA) is 43.4 Å². The fourth-order valence-corrected chi connectivity index (χ4v) is 4.54. The SMILES string of the molecule is C=C(C)C(=O)OCCCC(CC)(CC)[SH](C)(C)=O. The zero-order chi connectivity index (χ0) is 14.4. The van der Waals surface area contributed by atoms with Gasteiger partial charge in [0.1, 0.15) is 0 Å². The van der Waals surface area contributed by atoms with Crippen LogP contribution in [0.5, 0.6) is 0 Å². The Morgan fingerprint density at radius 1 is 1.28 bits per heavy atom. The van der Waals surface area contributed by atoms with Crippen molar-refractivity contribution in [2.75, 3.05) is 19.1 Å². The molecule has 4 heteroatoms. The summed E-state index contributed by atoms with van der Waals surface area (Å²) in [5.74, 6) is -0.343. The molecule has 0 bridgehead atoms. The van der Waals surface area contributed by atoms with Crippen molar-refractivity contribution in [1.29, 1.82) is 0 Å². The summed E-state index contributed by atoms with van der Waals surface area (Å²) < 4.78 is 17.4. The van der Waals surface area contributed by atoms with Gasteiger partial charge < -0.3 is 4.74 Å². The van der Waals surface area contributed by atoms with Crippen LogP contribution in [0.4, 0.5) is 0 Å². The highest BCUT2D eigenvalue weighted by Crippen LogP contribution is 2.33. The van der Waals surface area contributed by atoms with Gasteiger partial charge >= 0.3 is 5.97 Å². The van der Waals surface area contributed by atoms with E-state index in [1.807, 2.05) is 12.5 Å². The van der Waals surface area contributed by atoms with Gasteiger partial charge in [-0.25, -0.2) is 4.79 Å². The van der Waals surface area contributed by atoms with Crippen molar-refractivity contribution < 1.29 is 13.7 Å². The molecule has 3 nitrogen and oxygen atoms in total. The van der Waals surface area contributed by atoms with Crippen LogP contribution < -0.4 is 0 Å². The van der Waals surface area contributed by atoms with Gasteiger partial charge in [0.05, 0.1) is 6.61 Å². The molecule has 0 fully saturated rings. The van der Waals surface area contributed by atoms with Crippen LogP contribution in [0.25, 0.3) is 0 Å². The number of carbonyl (C=O) groups is 1. The summed E-state index contributed by atoms with van der Waals surface area (Å²) >= 11 is 0. The van der Waals surface area contributed by atoms with Crippen LogP contribution in [0.3, 0.4) is 0 Å². The number of rotatable bonds is 8. The second-order valence-corrected chi connectivity index (χ2v) is 8.95. The molecule has 0 saturated heterocycles. The van der Waals surface area contributed by atoms with Crippen LogP contribution in [-0.4, -0.2) is 34.0 Å². The van der Waals surface area contributed by atoms with Gasteiger partial charge in [0.15, 0.2) is 0 Å². The number of carbonyl (C=O) groups excluding carboxylic acids is 1. The predicted molar refractivity (Wildman–Crippen MR) is 79.7 cm³/mol. The third kappa shape index (κ3) is 4.56. The Morgan fingerprint density at radius 2 is 1.78 bits per heavy atom. The standard InChI is InChI=1S/C14H28O3S/c1-7-14(8-2,18(5,6)16)10-9-11-17-13(15)12(3)4/h18H,3,7-11H2,1-2,4-6H3. The van der Waals surface area contributed by atoms with E-state index in [0.717, 1.165) is 25.7 Å². The lowest BCUT2D eigenvalue weighted by Gasteiger charge is -2.39. The first-order valence-corrected chi connectivity index (χ1v) is 9.18. The second-order valence-electron chi connectivity index (χ2n) is 5.30. The number of esters is 1. The van der Waals surface area contributed by atoms with E-state index < -0.39 is 9.93 Å². The monoisotopic (exact) mass is 276 g/mol. The third-order valence-electron chi connectivity index (χ3n) is 3.83. The van der Waals surface area contributed by atoms with Gasteiger partial charge in [0.2, 0.25) is 0 Å². The first kappa shape index (κ1) is 17.4. The Kier molecular flexibility index (Phi) is 6.82. The van der Waals surface area contributed by atoms with Crippen LogP contribution >= 0.6 is 0 Å². The Balaban J connectivity index is 4.36. The zero-order valence-electron chi connectivity index (χ0n) is 12.4. The molecule has 0 rings (SSSR count). The van der Waals surface area contributed by atoms with Crippen LogP contribution in [0.2, 0.25) is 0 Å². The largest absolute Gasteiger partial charge is 0.462 e. The molecule has 0 heterocycles.